The summed E-state index contributed by atoms with van der Waals surface area (Å²) in [5, 5.41) is 2.99. The fraction of sp³-hybridized carbons (Fsp3) is 0.400. The summed E-state index contributed by atoms with van der Waals surface area (Å²) in [7, 11) is 0. The predicted octanol–water partition coefficient (Wildman–Crippen LogP) is 4.09. The Morgan fingerprint density at radius 2 is 1.73 bits per heavy atom. The molecule has 0 aliphatic carbocycles. The molecule has 1 aliphatic heterocycles. The first-order valence-corrected chi connectivity index (χ1v) is 13.2. The highest BCUT2D eigenvalue weighted by Gasteiger charge is 2.25. The topological polar surface area (TPSA) is 56.8 Å². The third-order valence-electron chi connectivity index (χ3n) is 5.98. The average Bonchev–Trinajstić information content (AvgIpc) is 3.51. The Labute approximate surface area is 203 Å². The van der Waals surface area contributed by atoms with E-state index in [4.69, 9.17) is 4.98 Å². The van der Waals surface area contributed by atoms with Crippen molar-refractivity contribution in [1.29, 1.82) is 0 Å². The first-order valence-electron chi connectivity index (χ1n) is 11.5. The van der Waals surface area contributed by atoms with Gasteiger partial charge in [-0.1, -0.05) is 36.4 Å². The molecule has 4 rings (SSSR count). The summed E-state index contributed by atoms with van der Waals surface area (Å²) in [5.41, 5.74) is 2.00. The van der Waals surface area contributed by atoms with Crippen LogP contribution in [0.2, 0.25) is 0 Å². The Kier molecular flexibility index (Phi) is 7.90. The zero-order chi connectivity index (χ0) is 23.2. The van der Waals surface area contributed by atoms with Crippen molar-refractivity contribution in [3.63, 3.8) is 0 Å². The van der Waals surface area contributed by atoms with E-state index in [9.17, 15) is 9.59 Å². The second-order valence-corrected chi connectivity index (χ2v) is 10.1. The van der Waals surface area contributed by atoms with Crippen molar-refractivity contribution in [2.24, 2.45) is 0 Å². The molecule has 2 aromatic heterocycles. The van der Waals surface area contributed by atoms with Crippen LogP contribution in [0.15, 0.2) is 47.8 Å². The van der Waals surface area contributed by atoms with Crippen molar-refractivity contribution in [3.05, 3.63) is 52.7 Å². The molecule has 0 atom stereocenters. The molecule has 0 N–H and O–H groups in total. The summed E-state index contributed by atoms with van der Waals surface area (Å²) in [4.78, 5) is 38.5. The molecule has 0 bridgehead atoms. The van der Waals surface area contributed by atoms with Crippen molar-refractivity contribution < 1.29 is 9.59 Å². The maximum Gasteiger partial charge on any atom is 0.236 e. The Bertz CT molecular complexity index is 1050. The van der Waals surface area contributed by atoms with Crippen molar-refractivity contribution in [2.75, 3.05) is 45.8 Å². The summed E-state index contributed by atoms with van der Waals surface area (Å²) in [5.74, 6) is 0.296. The lowest BCUT2D eigenvalue weighted by atomic mass is 10.2. The number of amides is 2. The molecule has 0 unspecified atom stereocenters. The van der Waals surface area contributed by atoms with Crippen LogP contribution in [-0.2, 0) is 16.0 Å². The van der Waals surface area contributed by atoms with Crippen molar-refractivity contribution in [3.8, 4) is 21.1 Å². The van der Waals surface area contributed by atoms with Crippen molar-refractivity contribution in [1.82, 2.24) is 19.7 Å². The number of rotatable bonds is 8. The third kappa shape index (κ3) is 5.69. The second-order valence-electron chi connectivity index (χ2n) is 8.03. The average molecular weight is 483 g/mol. The van der Waals surface area contributed by atoms with Gasteiger partial charge in [0.05, 0.1) is 23.5 Å². The van der Waals surface area contributed by atoms with Crippen molar-refractivity contribution >= 4 is 34.5 Å². The lowest BCUT2D eigenvalue weighted by molar-refractivity contribution is -0.134. The van der Waals surface area contributed by atoms with Crippen molar-refractivity contribution in [2.45, 2.75) is 20.3 Å². The van der Waals surface area contributed by atoms with Gasteiger partial charge in [0.2, 0.25) is 11.8 Å². The number of nitrogens with zero attached hydrogens (tertiary/aromatic N) is 4. The molecule has 174 valence electrons. The maximum absolute atomic E-state index is 13.2. The molecule has 0 radical (unpaired) electrons. The summed E-state index contributed by atoms with van der Waals surface area (Å²) in [6.45, 7) is 8.69. The standard InChI is InChI=1S/C25H30N4O2S2/c1-3-28(4-2)23(31)18-27-12-14-29(15-13-27)22(30)17-21-24(20-11-8-16-32-20)26-25(33-21)19-9-6-5-7-10-19/h5-11,16H,3-4,12-15,17-18H2,1-2H3. The quantitative estimate of drug-likeness (QED) is 0.485. The fourth-order valence-corrected chi connectivity index (χ4v) is 5.93. The van der Waals surface area contributed by atoms with Gasteiger partial charge < -0.3 is 9.80 Å². The van der Waals surface area contributed by atoms with E-state index in [1.54, 1.807) is 22.7 Å². The molecule has 3 aromatic rings. The summed E-state index contributed by atoms with van der Waals surface area (Å²) < 4.78 is 0. The molecule has 3 heterocycles. The lowest BCUT2D eigenvalue weighted by Gasteiger charge is -2.35. The summed E-state index contributed by atoms with van der Waals surface area (Å²) in [6, 6.07) is 14.2. The van der Waals surface area contributed by atoms with Gasteiger partial charge in [0.25, 0.3) is 0 Å². The normalized spacial score (nSPS) is 14.4. The number of piperazine rings is 1. The highest BCUT2D eigenvalue weighted by Crippen LogP contribution is 2.36. The lowest BCUT2D eigenvalue weighted by Crippen LogP contribution is -2.51. The molecule has 0 spiro atoms. The maximum atomic E-state index is 13.2. The Balaban J connectivity index is 1.42. The van der Waals surface area contributed by atoms with E-state index in [0.29, 0.717) is 26.1 Å². The van der Waals surface area contributed by atoms with Gasteiger partial charge in [0.1, 0.15) is 5.01 Å². The fourth-order valence-electron chi connectivity index (χ4n) is 4.05. The van der Waals surface area contributed by atoms with Gasteiger partial charge in [-0.15, -0.1) is 22.7 Å². The van der Waals surface area contributed by atoms with Crippen LogP contribution in [0, 0.1) is 0 Å². The molecule has 33 heavy (non-hydrogen) atoms. The van der Waals surface area contributed by atoms with E-state index in [0.717, 1.165) is 52.2 Å². The molecule has 6 nitrogen and oxygen atoms in total. The number of aromatic nitrogens is 1. The molecule has 1 aliphatic rings. The number of hydrogen-bond acceptors (Lipinski definition) is 6. The first-order chi connectivity index (χ1) is 16.1. The van der Waals surface area contributed by atoms with Gasteiger partial charge in [-0.25, -0.2) is 4.98 Å². The highest BCUT2D eigenvalue weighted by molar-refractivity contribution is 7.17. The highest BCUT2D eigenvalue weighted by atomic mass is 32.1. The van der Waals surface area contributed by atoms with Gasteiger partial charge in [0, 0.05) is 49.7 Å². The molecular formula is C25H30N4O2S2. The van der Waals surface area contributed by atoms with E-state index in [1.165, 1.54) is 0 Å². The van der Waals surface area contributed by atoms with Gasteiger partial charge in [-0.05, 0) is 25.3 Å². The van der Waals surface area contributed by atoms with Crippen LogP contribution in [-0.4, -0.2) is 77.3 Å². The van der Waals surface area contributed by atoms with E-state index >= 15 is 0 Å². The largest absolute Gasteiger partial charge is 0.342 e. The van der Waals surface area contributed by atoms with Crippen LogP contribution in [0.4, 0.5) is 0 Å². The number of carbonyl (C=O) groups is 2. The molecular weight excluding hydrogens is 452 g/mol. The Hall–Kier alpha value is -2.55. The third-order valence-corrected chi connectivity index (χ3v) is 7.97. The molecule has 2 amide bonds. The van der Waals surface area contributed by atoms with Crippen LogP contribution in [0.3, 0.4) is 0 Å². The first kappa shape index (κ1) is 23.6. The van der Waals surface area contributed by atoms with E-state index in [1.807, 2.05) is 53.3 Å². The number of hydrogen-bond donors (Lipinski definition) is 0. The second kappa shape index (κ2) is 11.0. The van der Waals surface area contributed by atoms with Crippen LogP contribution in [0.5, 0.6) is 0 Å². The van der Waals surface area contributed by atoms with E-state index in [-0.39, 0.29) is 11.8 Å². The number of thiazole rings is 1. The van der Waals surface area contributed by atoms with Crippen LogP contribution in [0.25, 0.3) is 21.1 Å². The molecule has 1 aromatic carbocycles. The molecule has 1 saturated heterocycles. The van der Waals surface area contributed by atoms with Gasteiger partial charge in [0.15, 0.2) is 0 Å². The zero-order valence-electron chi connectivity index (χ0n) is 19.2. The number of likely N-dealkylation sites (N-methyl/N-ethyl adjacent to an activating group) is 1. The Morgan fingerprint density at radius 3 is 2.36 bits per heavy atom. The minimum absolute atomic E-state index is 0.130. The van der Waals surface area contributed by atoms with Crippen LogP contribution < -0.4 is 0 Å². The van der Waals surface area contributed by atoms with E-state index in [2.05, 4.69) is 23.1 Å². The van der Waals surface area contributed by atoms with Crippen LogP contribution in [0.1, 0.15) is 18.7 Å². The molecule has 1 fully saturated rings. The van der Waals surface area contributed by atoms with E-state index < -0.39 is 0 Å². The summed E-state index contributed by atoms with van der Waals surface area (Å²) in [6.07, 6.45) is 0.357. The number of thiophene rings is 1. The monoisotopic (exact) mass is 482 g/mol. The smallest absolute Gasteiger partial charge is 0.236 e. The predicted molar refractivity (Wildman–Crippen MR) is 136 cm³/mol. The number of benzene rings is 1. The minimum atomic E-state index is 0.130. The Morgan fingerprint density at radius 1 is 1.00 bits per heavy atom. The SMILES string of the molecule is CCN(CC)C(=O)CN1CCN(C(=O)Cc2sc(-c3ccccc3)nc2-c2cccs2)CC1. The minimum Gasteiger partial charge on any atom is -0.342 e. The number of carbonyl (C=O) groups excluding carboxylic acids is 2. The zero-order valence-corrected chi connectivity index (χ0v) is 20.8. The van der Waals surface area contributed by atoms with Gasteiger partial charge >= 0.3 is 0 Å². The van der Waals surface area contributed by atoms with Gasteiger partial charge in [-0.3, -0.25) is 14.5 Å². The molecule has 8 heteroatoms. The van der Waals surface area contributed by atoms with Gasteiger partial charge in [-0.2, -0.15) is 0 Å². The van der Waals surface area contributed by atoms with Crippen LogP contribution >= 0.6 is 22.7 Å². The summed E-state index contributed by atoms with van der Waals surface area (Å²) >= 11 is 3.26. The molecule has 0 saturated carbocycles.